The molecule has 0 saturated heterocycles. The van der Waals surface area contributed by atoms with E-state index in [1.165, 1.54) is 54.4 Å². The van der Waals surface area contributed by atoms with Crippen LogP contribution in [0, 0.1) is 11.6 Å². The zero-order valence-electron chi connectivity index (χ0n) is 15.9. The number of benzene rings is 2. The quantitative estimate of drug-likeness (QED) is 0.751. The molecule has 1 atom stereocenters. The van der Waals surface area contributed by atoms with Gasteiger partial charge in [-0.2, -0.15) is 0 Å². The van der Waals surface area contributed by atoms with Gasteiger partial charge in [-0.15, -0.1) is 0 Å². The number of halogens is 2. The van der Waals surface area contributed by atoms with Crippen LogP contribution < -0.4 is 10.1 Å². The van der Waals surface area contributed by atoms with E-state index in [1.54, 1.807) is 13.0 Å². The van der Waals surface area contributed by atoms with E-state index < -0.39 is 29.7 Å². The van der Waals surface area contributed by atoms with Gasteiger partial charge >= 0.3 is 12.0 Å². The van der Waals surface area contributed by atoms with Crippen molar-refractivity contribution < 1.29 is 27.8 Å². The van der Waals surface area contributed by atoms with Gasteiger partial charge < -0.3 is 14.8 Å². The first-order valence-electron chi connectivity index (χ1n) is 8.99. The molecular weight excluding hydrogens is 382 g/mol. The molecule has 152 valence electrons. The molecule has 0 radical (unpaired) electrons. The fourth-order valence-corrected chi connectivity index (χ4v) is 3.01. The standard InChI is InChI=1S/C21H20F2N2O4/c1-3-28-20(26)18-17(12-29-14-10-8-13(22)9-11-14)25(2)21(27)24-19(18)15-6-4-5-7-16(15)23/h4-11,19H,3,12H2,1-2H3,(H,24,27)/t19-/m0/s1. The van der Waals surface area contributed by atoms with E-state index in [0.717, 1.165) is 0 Å². The predicted octanol–water partition coefficient (Wildman–Crippen LogP) is 3.56. The first kappa shape index (κ1) is 20.3. The van der Waals surface area contributed by atoms with Crippen molar-refractivity contribution >= 4 is 12.0 Å². The molecular formula is C21H20F2N2O4. The van der Waals surface area contributed by atoms with Crippen LogP contribution in [0.1, 0.15) is 18.5 Å². The van der Waals surface area contributed by atoms with Crippen molar-refractivity contribution in [2.45, 2.75) is 13.0 Å². The summed E-state index contributed by atoms with van der Waals surface area (Å²) in [5.74, 6) is -1.32. The summed E-state index contributed by atoms with van der Waals surface area (Å²) in [7, 11) is 1.47. The number of nitrogens with one attached hydrogen (secondary N) is 1. The van der Waals surface area contributed by atoms with Crippen molar-refractivity contribution in [3.05, 3.63) is 77.0 Å². The lowest BCUT2D eigenvalue weighted by Gasteiger charge is -2.34. The lowest BCUT2D eigenvalue weighted by Crippen LogP contribution is -2.48. The van der Waals surface area contributed by atoms with Gasteiger partial charge in [0.2, 0.25) is 0 Å². The maximum absolute atomic E-state index is 14.4. The second-order valence-corrected chi connectivity index (χ2v) is 6.29. The number of likely N-dealkylation sites (N-methyl/N-ethyl adjacent to an activating group) is 1. The average Bonchev–Trinajstić information content (AvgIpc) is 2.70. The molecule has 0 spiro atoms. The molecule has 1 heterocycles. The highest BCUT2D eigenvalue weighted by Crippen LogP contribution is 2.32. The van der Waals surface area contributed by atoms with Crippen molar-refractivity contribution in [2.75, 3.05) is 20.3 Å². The Hall–Kier alpha value is -3.42. The Bertz CT molecular complexity index is 944. The van der Waals surface area contributed by atoms with Gasteiger partial charge in [0, 0.05) is 12.6 Å². The molecule has 3 rings (SSSR count). The van der Waals surface area contributed by atoms with Gasteiger partial charge in [0.05, 0.1) is 23.9 Å². The summed E-state index contributed by atoms with van der Waals surface area (Å²) in [6.07, 6.45) is 0. The summed E-state index contributed by atoms with van der Waals surface area (Å²) >= 11 is 0. The highest BCUT2D eigenvalue weighted by Gasteiger charge is 2.38. The molecule has 1 N–H and O–H groups in total. The molecule has 0 fully saturated rings. The highest BCUT2D eigenvalue weighted by atomic mass is 19.1. The van der Waals surface area contributed by atoms with Crippen LogP contribution >= 0.6 is 0 Å². The lowest BCUT2D eigenvalue weighted by molar-refractivity contribution is -0.139. The van der Waals surface area contributed by atoms with E-state index in [1.807, 2.05) is 0 Å². The van der Waals surface area contributed by atoms with Crippen LogP contribution in [0.15, 0.2) is 59.8 Å². The van der Waals surface area contributed by atoms with Crippen molar-refractivity contribution in [1.29, 1.82) is 0 Å². The average molecular weight is 402 g/mol. The van der Waals surface area contributed by atoms with Gasteiger partial charge in [0.15, 0.2) is 0 Å². The fraction of sp³-hybridized carbons (Fsp3) is 0.238. The lowest BCUT2D eigenvalue weighted by atomic mass is 9.94. The summed E-state index contributed by atoms with van der Waals surface area (Å²) in [5, 5.41) is 2.63. The second-order valence-electron chi connectivity index (χ2n) is 6.29. The van der Waals surface area contributed by atoms with E-state index in [2.05, 4.69) is 5.32 Å². The van der Waals surface area contributed by atoms with E-state index in [-0.39, 0.29) is 30.0 Å². The van der Waals surface area contributed by atoms with Crippen LogP contribution in [0.5, 0.6) is 5.75 Å². The molecule has 0 aliphatic carbocycles. The number of amides is 2. The smallest absolute Gasteiger partial charge is 0.338 e. The number of ether oxygens (including phenoxy) is 2. The predicted molar refractivity (Wildman–Crippen MR) is 101 cm³/mol. The molecule has 6 nitrogen and oxygen atoms in total. The third kappa shape index (κ3) is 4.37. The molecule has 2 amide bonds. The Morgan fingerprint density at radius 3 is 2.48 bits per heavy atom. The fourth-order valence-electron chi connectivity index (χ4n) is 3.01. The number of hydrogen-bond donors (Lipinski definition) is 1. The summed E-state index contributed by atoms with van der Waals surface area (Å²) in [6, 6.07) is 9.62. The van der Waals surface area contributed by atoms with E-state index in [4.69, 9.17) is 9.47 Å². The first-order valence-corrected chi connectivity index (χ1v) is 8.99. The summed E-state index contributed by atoms with van der Waals surface area (Å²) in [5.41, 5.74) is 0.433. The zero-order valence-corrected chi connectivity index (χ0v) is 15.9. The molecule has 29 heavy (non-hydrogen) atoms. The van der Waals surface area contributed by atoms with Gasteiger partial charge in [0.25, 0.3) is 0 Å². The van der Waals surface area contributed by atoms with Crippen LogP contribution in [-0.4, -0.2) is 37.2 Å². The van der Waals surface area contributed by atoms with Gasteiger partial charge in [0.1, 0.15) is 24.0 Å². The molecule has 1 aliphatic rings. The number of urea groups is 1. The van der Waals surface area contributed by atoms with E-state index >= 15 is 0 Å². The number of carbonyl (C=O) groups is 2. The molecule has 2 aromatic rings. The molecule has 2 aromatic carbocycles. The Kier molecular flexibility index (Phi) is 6.11. The number of esters is 1. The van der Waals surface area contributed by atoms with Gasteiger partial charge in [-0.25, -0.2) is 18.4 Å². The van der Waals surface area contributed by atoms with E-state index in [0.29, 0.717) is 5.75 Å². The Balaban J connectivity index is 2.04. The van der Waals surface area contributed by atoms with Crippen LogP contribution in [0.3, 0.4) is 0 Å². The van der Waals surface area contributed by atoms with Crippen molar-refractivity contribution in [3.8, 4) is 5.75 Å². The largest absolute Gasteiger partial charge is 0.487 e. The Morgan fingerprint density at radius 1 is 1.14 bits per heavy atom. The number of carbonyl (C=O) groups excluding carboxylic acids is 2. The third-order valence-electron chi connectivity index (χ3n) is 4.48. The van der Waals surface area contributed by atoms with Crippen molar-refractivity contribution in [1.82, 2.24) is 10.2 Å². The second kappa shape index (κ2) is 8.72. The number of rotatable bonds is 6. The number of nitrogens with zero attached hydrogens (tertiary/aromatic N) is 1. The van der Waals surface area contributed by atoms with Crippen molar-refractivity contribution in [2.24, 2.45) is 0 Å². The molecule has 0 saturated carbocycles. The normalized spacial score (nSPS) is 16.5. The summed E-state index contributed by atoms with van der Waals surface area (Å²) in [6.45, 7) is 1.58. The molecule has 0 bridgehead atoms. The maximum Gasteiger partial charge on any atom is 0.338 e. The van der Waals surface area contributed by atoms with Crippen LogP contribution in [0.25, 0.3) is 0 Å². The molecule has 0 unspecified atom stereocenters. The summed E-state index contributed by atoms with van der Waals surface area (Å²) in [4.78, 5) is 26.4. The Morgan fingerprint density at radius 2 is 1.83 bits per heavy atom. The molecule has 8 heteroatoms. The van der Waals surface area contributed by atoms with Crippen LogP contribution in [-0.2, 0) is 9.53 Å². The topological polar surface area (TPSA) is 67.9 Å². The van der Waals surface area contributed by atoms with Crippen LogP contribution in [0.4, 0.5) is 13.6 Å². The van der Waals surface area contributed by atoms with Gasteiger partial charge in [-0.3, -0.25) is 4.90 Å². The molecule has 0 aromatic heterocycles. The minimum atomic E-state index is -1.04. The minimum absolute atomic E-state index is 0.0705. The maximum atomic E-state index is 14.4. The zero-order chi connectivity index (χ0) is 21.0. The van der Waals surface area contributed by atoms with Crippen LogP contribution in [0.2, 0.25) is 0 Å². The Labute approximate surface area is 166 Å². The molecule has 1 aliphatic heterocycles. The highest BCUT2D eigenvalue weighted by molar-refractivity contribution is 5.95. The summed E-state index contributed by atoms with van der Waals surface area (Å²) < 4.78 is 38.3. The van der Waals surface area contributed by atoms with Gasteiger partial charge in [-0.1, -0.05) is 18.2 Å². The van der Waals surface area contributed by atoms with Crippen molar-refractivity contribution in [3.63, 3.8) is 0 Å². The van der Waals surface area contributed by atoms with Gasteiger partial charge in [-0.05, 0) is 37.3 Å². The number of hydrogen-bond acceptors (Lipinski definition) is 4. The van der Waals surface area contributed by atoms with E-state index in [9.17, 15) is 18.4 Å². The SMILES string of the molecule is CCOC(=O)C1=C(COc2ccc(F)cc2)N(C)C(=O)N[C@H]1c1ccccc1F. The third-order valence-corrected chi connectivity index (χ3v) is 4.48. The first-order chi connectivity index (χ1) is 13.9. The monoisotopic (exact) mass is 402 g/mol. The minimum Gasteiger partial charge on any atom is -0.487 e.